The predicted octanol–water partition coefficient (Wildman–Crippen LogP) is 6.17. The SMILES string of the molecule is COCCN(C)C(=O)c1nc(Cc2cncn2Cc2ccc(Cl)cc2)sc1-c1cccc2ccccc12. The molecule has 0 radical (unpaired) electrons. The first-order chi connectivity index (χ1) is 18.0. The molecule has 6 nitrogen and oxygen atoms in total. The Labute approximate surface area is 225 Å². The van der Waals surface area contributed by atoms with Crippen LogP contribution in [0.4, 0.5) is 0 Å². The Bertz CT molecular complexity index is 1520. The number of aromatic nitrogens is 3. The first-order valence-corrected chi connectivity index (χ1v) is 13.2. The molecule has 8 heteroatoms. The lowest BCUT2D eigenvalue weighted by Gasteiger charge is -2.16. The van der Waals surface area contributed by atoms with E-state index in [-0.39, 0.29) is 5.91 Å². The summed E-state index contributed by atoms with van der Waals surface area (Å²) in [5.41, 5.74) is 3.65. The minimum absolute atomic E-state index is 0.114. The second-order valence-electron chi connectivity index (χ2n) is 8.85. The third-order valence-corrected chi connectivity index (χ3v) is 7.62. The molecular formula is C29H27ClN4O2S. The fraction of sp³-hybridized carbons (Fsp3) is 0.207. The first-order valence-electron chi connectivity index (χ1n) is 12.0. The summed E-state index contributed by atoms with van der Waals surface area (Å²) in [5, 5.41) is 3.80. The number of hydrogen-bond acceptors (Lipinski definition) is 5. The van der Waals surface area contributed by atoms with E-state index in [1.165, 1.54) is 0 Å². The fourth-order valence-electron chi connectivity index (χ4n) is 4.28. The van der Waals surface area contributed by atoms with E-state index in [1.807, 2.05) is 55.0 Å². The van der Waals surface area contributed by atoms with E-state index in [4.69, 9.17) is 21.3 Å². The molecular weight excluding hydrogens is 504 g/mol. The average Bonchev–Trinajstić information content (AvgIpc) is 3.54. The lowest BCUT2D eigenvalue weighted by Crippen LogP contribution is -2.30. The van der Waals surface area contributed by atoms with Gasteiger partial charge in [-0.15, -0.1) is 11.3 Å². The molecule has 2 aromatic heterocycles. The smallest absolute Gasteiger partial charge is 0.273 e. The highest BCUT2D eigenvalue weighted by atomic mass is 35.5. The van der Waals surface area contributed by atoms with Crippen LogP contribution in [0.2, 0.25) is 5.02 Å². The van der Waals surface area contributed by atoms with Gasteiger partial charge in [-0.05, 0) is 28.5 Å². The van der Waals surface area contributed by atoms with Crippen molar-refractivity contribution in [2.45, 2.75) is 13.0 Å². The number of methoxy groups -OCH3 is 1. The van der Waals surface area contributed by atoms with Gasteiger partial charge in [-0.3, -0.25) is 4.79 Å². The van der Waals surface area contributed by atoms with Gasteiger partial charge in [0, 0.05) is 56.1 Å². The molecule has 0 spiro atoms. The van der Waals surface area contributed by atoms with Gasteiger partial charge in [0.2, 0.25) is 0 Å². The van der Waals surface area contributed by atoms with Gasteiger partial charge in [-0.25, -0.2) is 9.97 Å². The zero-order valence-electron chi connectivity index (χ0n) is 20.7. The maximum absolute atomic E-state index is 13.5. The number of carbonyl (C=O) groups excluding carboxylic acids is 1. The highest BCUT2D eigenvalue weighted by molar-refractivity contribution is 7.15. The molecule has 0 atom stereocenters. The van der Waals surface area contributed by atoms with Crippen molar-refractivity contribution in [2.75, 3.05) is 27.3 Å². The second-order valence-corrected chi connectivity index (χ2v) is 10.4. The van der Waals surface area contributed by atoms with Crippen molar-refractivity contribution in [1.29, 1.82) is 0 Å². The van der Waals surface area contributed by atoms with Crippen molar-refractivity contribution in [1.82, 2.24) is 19.4 Å². The molecule has 0 bridgehead atoms. The number of amides is 1. The molecule has 5 rings (SSSR count). The minimum atomic E-state index is -0.114. The van der Waals surface area contributed by atoms with Gasteiger partial charge in [-0.2, -0.15) is 0 Å². The van der Waals surface area contributed by atoms with E-state index in [1.54, 1.807) is 30.4 Å². The summed E-state index contributed by atoms with van der Waals surface area (Å²) in [6, 6.07) is 22.2. The van der Waals surface area contributed by atoms with Crippen LogP contribution in [0.1, 0.15) is 26.8 Å². The van der Waals surface area contributed by atoms with Crippen molar-refractivity contribution in [2.24, 2.45) is 0 Å². The summed E-state index contributed by atoms with van der Waals surface area (Å²) in [5.74, 6) is -0.114. The third kappa shape index (κ3) is 5.59. The standard InChI is InChI=1S/C29H27ClN4O2S/c1-33(14-15-36-2)29(35)27-28(25-9-5-7-21-6-3-4-8-24(21)25)37-26(32-27)16-23-17-31-19-34(23)18-20-10-12-22(30)13-11-20/h3-13,17,19H,14-16,18H2,1-2H3. The number of rotatable bonds is 9. The molecule has 0 N–H and O–H groups in total. The minimum Gasteiger partial charge on any atom is -0.383 e. The van der Waals surface area contributed by atoms with Crippen LogP contribution < -0.4 is 0 Å². The average molecular weight is 531 g/mol. The van der Waals surface area contributed by atoms with E-state index in [2.05, 4.69) is 33.8 Å². The molecule has 2 heterocycles. The summed E-state index contributed by atoms with van der Waals surface area (Å²) in [7, 11) is 3.42. The molecule has 37 heavy (non-hydrogen) atoms. The number of imidazole rings is 1. The fourth-order valence-corrected chi connectivity index (χ4v) is 5.52. The lowest BCUT2D eigenvalue weighted by atomic mass is 10.0. The summed E-state index contributed by atoms with van der Waals surface area (Å²) in [6.07, 6.45) is 4.26. The zero-order chi connectivity index (χ0) is 25.8. The Balaban J connectivity index is 1.51. The number of nitrogens with zero attached hydrogens (tertiary/aromatic N) is 4. The molecule has 5 aromatic rings. The van der Waals surface area contributed by atoms with Gasteiger partial charge in [0.15, 0.2) is 0 Å². The highest BCUT2D eigenvalue weighted by Crippen LogP contribution is 2.36. The summed E-state index contributed by atoms with van der Waals surface area (Å²) in [4.78, 5) is 25.3. The number of thiazole rings is 1. The molecule has 188 valence electrons. The number of benzene rings is 3. The first kappa shape index (κ1) is 25.1. The molecule has 0 fully saturated rings. The van der Waals surface area contributed by atoms with Crippen LogP contribution in [0, 0.1) is 0 Å². The van der Waals surface area contributed by atoms with Crippen LogP contribution in [0.25, 0.3) is 21.2 Å². The van der Waals surface area contributed by atoms with E-state index >= 15 is 0 Å². The highest BCUT2D eigenvalue weighted by Gasteiger charge is 2.24. The number of fused-ring (bicyclic) bond motifs is 1. The molecule has 0 unspecified atom stereocenters. The molecule has 1 amide bonds. The maximum Gasteiger partial charge on any atom is 0.273 e. The quantitative estimate of drug-likeness (QED) is 0.228. The molecule has 0 aliphatic heterocycles. The predicted molar refractivity (Wildman–Crippen MR) is 149 cm³/mol. The van der Waals surface area contributed by atoms with E-state index in [9.17, 15) is 4.79 Å². The monoisotopic (exact) mass is 530 g/mol. The van der Waals surface area contributed by atoms with Crippen LogP contribution in [-0.4, -0.2) is 52.7 Å². The third-order valence-electron chi connectivity index (χ3n) is 6.28. The summed E-state index contributed by atoms with van der Waals surface area (Å²) in [6.45, 7) is 1.64. The second kappa shape index (κ2) is 11.3. The zero-order valence-corrected chi connectivity index (χ0v) is 22.3. The number of halogens is 1. The van der Waals surface area contributed by atoms with Crippen LogP contribution >= 0.6 is 22.9 Å². The van der Waals surface area contributed by atoms with Gasteiger partial charge in [0.05, 0.1) is 17.8 Å². The Kier molecular flexibility index (Phi) is 7.65. The van der Waals surface area contributed by atoms with E-state index in [0.29, 0.717) is 36.8 Å². The van der Waals surface area contributed by atoms with Crippen molar-refractivity contribution >= 4 is 39.6 Å². The molecule has 0 aliphatic carbocycles. The van der Waals surface area contributed by atoms with Crippen molar-refractivity contribution in [3.63, 3.8) is 0 Å². The van der Waals surface area contributed by atoms with Gasteiger partial charge in [-0.1, -0.05) is 66.2 Å². The number of likely N-dealkylation sites (N-methyl/N-ethyl adjacent to an activating group) is 1. The largest absolute Gasteiger partial charge is 0.383 e. The maximum atomic E-state index is 13.5. The number of ether oxygens (including phenoxy) is 1. The number of carbonyl (C=O) groups is 1. The Morgan fingerprint density at radius 1 is 1.08 bits per heavy atom. The Morgan fingerprint density at radius 3 is 2.68 bits per heavy atom. The van der Waals surface area contributed by atoms with Crippen LogP contribution in [0.5, 0.6) is 0 Å². The van der Waals surface area contributed by atoms with Gasteiger partial charge >= 0.3 is 0 Å². The van der Waals surface area contributed by atoms with Crippen molar-refractivity contribution in [3.8, 4) is 10.4 Å². The molecule has 0 saturated heterocycles. The van der Waals surface area contributed by atoms with Crippen LogP contribution in [0.3, 0.4) is 0 Å². The molecule has 0 saturated carbocycles. The molecule has 3 aromatic carbocycles. The van der Waals surface area contributed by atoms with Gasteiger partial charge in [0.1, 0.15) is 10.7 Å². The molecule has 0 aliphatic rings. The van der Waals surface area contributed by atoms with E-state index in [0.717, 1.165) is 37.5 Å². The van der Waals surface area contributed by atoms with Crippen LogP contribution in [0.15, 0.2) is 79.3 Å². The number of hydrogen-bond donors (Lipinski definition) is 0. The topological polar surface area (TPSA) is 60.2 Å². The van der Waals surface area contributed by atoms with E-state index < -0.39 is 0 Å². The van der Waals surface area contributed by atoms with Crippen LogP contribution in [-0.2, 0) is 17.7 Å². The van der Waals surface area contributed by atoms with Crippen molar-refractivity contribution in [3.05, 3.63) is 106 Å². The Hall–Kier alpha value is -3.52. The Morgan fingerprint density at radius 2 is 1.86 bits per heavy atom. The normalized spacial score (nSPS) is 11.2. The van der Waals surface area contributed by atoms with Gasteiger partial charge in [0.25, 0.3) is 5.91 Å². The summed E-state index contributed by atoms with van der Waals surface area (Å²) >= 11 is 7.61. The summed E-state index contributed by atoms with van der Waals surface area (Å²) < 4.78 is 7.29. The van der Waals surface area contributed by atoms with Gasteiger partial charge < -0.3 is 14.2 Å². The van der Waals surface area contributed by atoms with Crippen molar-refractivity contribution < 1.29 is 9.53 Å². The lowest BCUT2D eigenvalue weighted by molar-refractivity contribution is 0.0740.